The van der Waals surface area contributed by atoms with Gasteiger partial charge in [-0.2, -0.15) is 0 Å². The number of hydrogen-bond acceptors (Lipinski definition) is 2. The zero-order valence-electron chi connectivity index (χ0n) is 12.3. The van der Waals surface area contributed by atoms with Crippen LogP contribution in [0.25, 0.3) is 0 Å². The van der Waals surface area contributed by atoms with E-state index in [0.29, 0.717) is 5.56 Å². The third-order valence-electron chi connectivity index (χ3n) is 3.40. The molecule has 1 atom stereocenters. The molecule has 0 fully saturated rings. The highest BCUT2D eigenvalue weighted by molar-refractivity contribution is 5.33. The standard InChI is InChI=1S/C17H21FN2/c1-4-9-19-17(15-8-6-13(3)20-11-15)14-7-5-12(2)16(18)10-14/h5-8,10-11,17,19H,4,9H2,1-3H3. The van der Waals surface area contributed by atoms with Gasteiger partial charge in [0.15, 0.2) is 0 Å². The lowest BCUT2D eigenvalue weighted by atomic mass is 9.98. The Bertz CT molecular complexity index is 564. The maximum Gasteiger partial charge on any atom is 0.126 e. The van der Waals surface area contributed by atoms with E-state index < -0.39 is 0 Å². The highest BCUT2D eigenvalue weighted by Gasteiger charge is 2.14. The second-order valence-corrected chi connectivity index (χ2v) is 5.13. The number of aryl methyl sites for hydroxylation is 2. The van der Waals surface area contributed by atoms with Gasteiger partial charge in [-0.1, -0.05) is 25.1 Å². The second kappa shape index (κ2) is 6.62. The van der Waals surface area contributed by atoms with E-state index in [-0.39, 0.29) is 11.9 Å². The average Bonchev–Trinajstić information content (AvgIpc) is 2.45. The van der Waals surface area contributed by atoms with Gasteiger partial charge in [0.25, 0.3) is 0 Å². The summed E-state index contributed by atoms with van der Waals surface area (Å²) in [6, 6.07) is 9.44. The van der Waals surface area contributed by atoms with Crippen molar-refractivity contribution in [2.45, 2.75) is 33.2 Å². The van der Waals surface area contributed by atoms with E-state index in [1.54, 1.807) is 13.0 Å². The van der Waals surface area contributed by atoms with E-state index in [2.05, 4.69) is 17.2 Å². The molecule has 0 saturated carbocycles. The summed E-state index contributed by atoms with van der Waals surface area (Å²) in [4.78, 5) is 4.34. The fourth-order valence-corrected chi connectivity index (χ4v) is 2.16. The molecule has 1 N–H and O–H groups in total. The minimum Gasteiger partial charge on any atom is -0.306 e. The minimum absolute atomic E-state index is 0.0156. The molecule has 2 nitrogen and oxygen atoms in total. The minimum atomic E-state index is -0.161. The van der Waals surface area contributed by atoms with E-state index in [1.165, 1.54) is 0 Å². The number of rotatable bonds is 5. The summed E-state index contributed by atoms with van der Waals surface area (Å²) in [5, 5.41) is 3.46. The fraction of sp³-hybridized carbons (Fsp3) is 0.353. The summed E-state index contributed by atoms with van der Waals surface area (Å²) in [5.74, 6) is -0.161. The highest BCUT2D eigenvalue weighted by atomic mass is 19.1. The van der Waals surface area contributed by atoms with E-state index >= 15 is 0 Å². The molecule has 1 heterocycles. The van der Waals surface area contributed by atoms with Crippen LogP contribution < -0.4 is 5.32 Å². The van der Waals surface area contributed by atoms with Gasteiger partial charge in [-0.25, -0.2) is 4.39 Å². The maximum absolute atomic E-state index is 13.8. The number of nitrogens with zero attached hydrogens (tertiary/aromatic N) is 1. The average molecular weight is 272 g/mol. The van der Waals surface area contributed by atoms with Gasteiger partial charge in [0.2, 0.25) is 0 Å². The number of aromatic nitrogens is 1. The van der Waals surface area contributed by atoms with Crippen molar-refractivity contribution in [1.82, 2.24) is 10.3 Å². The van der Waals surface area contributed by atoms with Crippen molar-refractivity contribution in [2.24, 2.45) is 0 Å². The third-order valence-corrected chi connectivity index (χ3v) is 3.40. The largest absolute Gasteiger partial charge is 0.306 e. The highest BCUT2D eigenvalue weighted by Crippen LogP contribution is 2.23. The van der Waals surface area contributed by atoms with Gasteiger partial charge < -0.3 is 5.32 Å². The Morgan fingerprint density at radius 1 is 1.15 bits per heavy atom. The molecule has 1 aromatic heterocycles. The van der Waals surface area contributed by atoms with Crippen LogP contribution in [0, 0.1) is 19.7 Å². The molecule has 106 valence electrons. The lowest BCUT2D eigenvalue weighted by Crippen LogP contribution is -2.23. The predicted octanol–water partition coefficient (Wildman–Crippen LogP) is 3.93. The van der Waals surface area contributed by atoms with Crippen LogP contribution in [0.3, 0.4) is 0 Å². The SMILES string of the molecule is CCCNC(c1ccc(C)nc1)c1ccc(C)c(F)c1. The topological polar surface area (TPSA) is 24.9 Å². The molecule has 20 heavy (non-hydrogen) atoms. The number of hydrogen-bond donors (Lipinski definition) is 1. The van der Waals surface area contributed by atoms with Crippen molar-refractivity contribution in [3.05, 3.63) is 64.7 Å². The molecule has 0 saturated heterocycles. The molecular formula is C17H21FN2. The van der Waals surface area contributed by atoms with Gasteiger partial charge in [-0.05, 0) is 55.6 Å². The van der Waals surface area contributed by atoms with Crippen LogP contribution in [-0.2, 0) is 0 Å². The Morgan fingerprint density at radius 2 is 1.90 bits per heavy atom. The number of pyridine rings is 1. The Balaban J connectivity index is 2.35. The van der Waals surface area contributed by atoms with Crippen LogP contribution >= 0.6 is 0 Å². The summed E-state index contributed by atoms with van der Waals surface area (Å²) in [7, 11) is 0. The first-order chi connectivity index (χ1) is 9.61. The summed E-state index contributed by atoms with van der Waals surface area (Å²) in [6.07, 6.45) is 2.89. The smallest absolute Gasteiger partial charge is 0.126 e. The Labute approximate surface area is 120 Å². The van der Waals surface area contributed by atoms with Gasteiger partial charge in [-0.15, -0.1) is 0 Å². The molecular weight excluding hydrogens is 251 g/mol. The van der Waals surface area contributed by atoms with Crippen molar-refractivity contribution in [1.29, 1.82) is 0 Å². The molecule has 0 radical (unpaired) electrons. The van der Waals surface area contributed by atoms with Gasteiger partial charge >= 0.3 is 0 Å². The lowest BCUT2D eigenvalue weighted by Gasteiger charge is -2.20. The molecule has 0 amide bonds. The Kier molecular flexibility index (Phi) is 4.85. The molecule has 2 aromatic rings. The third kappa shape index (κ3) is 3.42. The molecule has 0 aliphatic rings. The van der Waals surface area contributed by atoms with E-state index in [9.17, 15) is 4.39 Å². The van der Waals surface area contributed by atoms with Crippen LogP contribution in [0.5, 0.6) is 0 Å². The van der Waals surface area contributed by atoms with Crippen molar-refractivity contribution < 1.29 is 4.39 Å². The first-order valence-electron chi connectivity index (χ1n) is 7.03. The van der Waals surface area contributed by atoms with Crippen molar-refractivity contribution in [2.75, 3.05) is 6.54 Å². The van der Waals surface area contributed by atoms with Crippen molar-refractivity contribution in [3.8, 4) is 0 Å². The molecule has 2 rings (SSSR count). The number of benzene rings is 1. The van der Waals surface area contributed by atoms with Gasteiger partial charge in [0, 0.05) is 11.9 Å². The molecule has 0 bridgehead atoms. The molecule has 0 aliphatic carbocycles. The normalized spacial score (nSPS) is 12.4. The van der Waals surface area contributed by atoms with E-state index in [4.69, 9.17) is 0 Å². The predicted molar refractivity (Wildman–Crippen MR) is 80.2 cm³/mol. The van der Waals surface area contributed by atoms with Crippen LogP contribution in [0.1, 0.15) is 41.8 Å². The fourth-order valence-electron chi connectivity index (χ4n) is 2.16. The van der Waals surface area contributed by atoms with E-state index in [1.807, 2.05) is 37.4 Å². The van der Waals surface area contributed by atoms with Gasteiger partial charge in [0.05, 0.1) is 6.04 Å². The maximum atomic E-state index is 13.8. The molecule has 0 aliphatic heterocycles. The summed E-state index contributed by atoms with van der Waals surface area (Å²) >= 11 is 0. The first kappa shape index (κ1) is 14.7. The zero-order valence-corrected chi connectivity index (χ0v) is 12.3. The lowest BCUT2D eigenvalue weighted by molar-refractivity contribution is 0.581. The molecule has 0 spiro atoms. The second-order valence-electron chi connectivity index (χ2n) is 5.13. The quantitative estimate of drug-likeness (QED) is 0.892. The number of halogens is 1. The molecule has 1 unspecified atom stereocenters. The Hall–Kier alpha value is -1.74. The van der Waals surface area contributed by atoms with Crippen LogP contribution in [-0.4, -0.2) is 11.5 Å². The number of nitrogens with one attached hydrogen (secondary N) is 1. The van der Waals surface area contributed by atoms with Gasteiger partial charge in [0.1, 0.15) is 5.82 Å². The monoisotopic (exact) mass is 272 g/mol. The van der Waals surface area contributed by atoms with Crippen LogP contribution in [0.2, 0.25) is 0 Å². The van der Waals surface area contributed by atoms with Gasteiger partial charge in [-0.3, -0.25) is 4.98 Å². The molecule has 1 aromatic carbocycles. The van der Waals surface area contributed by atoms with E-state index in [0.717, 1.165) is 29.8 Å². The van der Waals surface area contributed by atoms with Crippen molar-refractivity contribution >= 4 is 0 Å². The summed E-state index contributed by atoms with van der Waals surface area (Å²) in [6.45, 7) is 6.74. The zero-order chi connectivity index (χ0) is 14.5. The summed E-state index contributed by atoms with van der Waals surface area (Å²) in [5.41, 5.74) is 3.66. The van der Waals surface area contributed by atoms with Crippen LogP contribution in [0.15, 0.2) is 36.5 Å². The first-order valence-corrected chi connectivity index (χ1v) is 7.03. The summed E-state index contributed by atoms with van der Waals surface area (Å²) < 4.78 is 13.8. The van der Waals surface area contributed by atoms with Crippen LogP contribution in [0.4, 0.5) is 4.39 Å². The Morgan fingerprint density at radius 3 is 2.50 bits per heavy atom. The molecule has 3 heteroatoms. The van der Waals surface area contributed by atoms with Crippen molar-refractivity contribution in [3.63, 3.8) is 0 Å².